The maximum Gasteiger partial charge on any atom is 0.161 e. The molecular formula is C14H17N3O2. The number of hydrogen-bond acceptors (Lipinski definition) is 4. The molecule has 5 nitrogen and oxygen atoms in total. The number of rotatable bonds is 4. The SMILES string of the molecule is Cc1[nH]cnc1CNCC1COc2ccccc2O1. The van der Waals surface area contributed by atoms with Crippen molar-refractivity contribution in [2.75, 3.05) is 13.2 Å². The number of hydrogen-bond donors (Lipinski definition) is 2. The van der Waals surface area contributed by atoms with E-state index in [1.807, 2.05) is 31.2 Å². The average Bonchev–Trinajstić information content (AvgIpc) is 2.84. The molecule has 0 fully saturated rings. The molecule has 0 saturated carbocycles. The van der Waals surface area contributed by atoms with E-state index in [0.29, 0.717) is 6.61 Å². The van der Waals surface area contributed by atoms with Crippen molar-refractivity contribution in [3.63, 3.8) is 0 Å². The number of imidazole rings is 1. The van der Waals surface area contributed by atoms with Gasteiger partial charge in [-0.2, -0.15) is 0 Å². The molecule has 0 saturated heterocycles. The molecule has 5 heteroatoms. The van der Waals surface area contributed by atoms with E-state index in [2.05, 4.69) is 15.3 Å². The Bertz CT molecular complexity index is 553. The summed E-state index contributed by atoms with van der Waals surface area (Å²) in [5.74, 6) is 1.64. The van der Waals surface area contributed by atoms with Crippen molar-refractivity contribution < 1.29 is 9.47 Å². The van der Waals surface area contributed by atoms with Crippen molar-refractivity contribution in [2.45, 2.75) is 19.6 Å². The lowest BCUT2D eigenvalue weighted by Crippen LogP contribution is -2.38. The van der Waals surface area contributed by atoms with Gasteiger partial charge in [-0.3, -0.25) is 0 Å². The summed E-state index contributed by atoms with van der Waals surface area (Å²) in [7, 11) is 0. The first-order valence-corrected chi connectivity index (χ1v) is 6.41. The van der Waals surface area contributed by atoms with Gasteiger partial charge in [-0.05, 0) is 19.1 Å². The molecule has 2 heterocycles. The quantitative estimate of drug-likeness (QED) is 0.876. The number of para-hydroxylation sites is 2. The zero-order valence-electron chi connectivity index (χ0n) is 10.8. The van der Waals surface area contributed by atoms with Crippen molar-refractivity contribution >= 4 is 0 Å². The summed E-state index contributed by atoms with van der Waals surface area (Å²) in [4.78, 5) is 7.31. The van der Waals surface area contributed by atoms with Crippen molar-refractivity contribution in [2.24, 2.45) is 0 Å². The van der Waals surface area contributed by atoms with Gasteiger partial charge in [0, 0.05) is 18.8 Å². The molecule has 1 aliphatic rings. The Morgan fingerprint density at radius 3 is 3.00 bits per heavy atom. The minimum atomic E-state index is 0.0362. The van der Waals surface area contributed by atoms with E-state index in [4.69, 9.17) is 9.47 Å². The molecule has 100 valence electrons. The molecule has 0 bridgehead atoms. The van der Waals surface area contributed by atoms with E-state index >= 15 is 0 Å². The molecule has 1 aromatic carbocycles. The van der Waals surface area contributed by atoms with Crippen molar-refractivity contribution in [1.29, 1.82) is 0 Å². The van der Waals surface area contributed by atoms with Crippen LogP contribution < -0.4 is 14.8 Å². The largest absolute Gasteiger partial charge is 0.486 e. The number of H-pyrrole nitrogens is 1. The number of aromatic nitrogens is 2. The first kappa shape index (κ1) is 12.0. The van der Waals surface area contributed by atoms with E-state index in [9.17, 15) is 0 Å². The lowest BCUT2D eigenvalue weighted by Gasteiger charge is -2.26. The van der Waals surface area contributed by atoms with Gasteiger partial charge in [-0.25, -0.2) is 4.98 Å². The Morgan fingerprint density at radius 2 is 2.21 bits per heavy atom. The highest BCUT2D eigenvalue weighted by atomic mass is 16.6. The summed E-state index contributed by atoms with van der Waals surface area (Å²) in [6.45, 7) is 4.06. The number of benzene rings is 1. The number of aryl methyl sites for hydroxylation is 1. The highest BCUT2D eigenvalue weighted by molar-refractivity contribution is 5.40. The van der Waals surface area contributed by atoms with E-state index in [-0.39, 0.29) is 6.10 Å². The number of ether oxygens (including phenoxy) is 2. The number of nitrogens with zero attached hydrogens (tertiary/aromatic N) is 1. The van der Waals surface area contributed by atoms with Crippen molar-refractivity contribution in [3.8, 4) is 11.5 Å². The van der Waals surface area contributed by atoms with Gasteiger partial charge >= 0.3 is 0 Å². The standard InChI is InChI=1S/C14H17N3O2/c1-10-12(17-9-16-10)7-15-6-11-8-18-13-4-2-3-5-14(13)19-11/h2-5,9,11,15H,6-8H2,1H3,(H,16,17). The smallest absolute Gasteiger partial charge is 0.161 e. The third kappa shape index (κ3) is 2.71. The third-order valence-corrected chi connectivity index (χ3v) is 3.17. The van der Waals surface area contributed by atoms with Crippen LogP contribution in [-0.2, 0) is 6.54 Å². The molecule has 0 radical (unpaired) electrons. The maximum absolute atomic E-state index is 5.87. The van der Waals surface area contributed by atoms with Crippen LogP contribution in [-0.4, -0.2) is 29.2 Å². The van der Waals surface area contributed by atoms with Crippen LogP contribution in [0.5, 0.6) is 11.5 Å². The monoisotopic (exact) mass is 259 g/mol. The van der Waals surface area contributed by atoms with Crippen LogP contribution in [0.25, 0.3) is 0 Å². The van der Waals surface area contributed by atoms with E-state index in [0.717, 1.165) is 36.0 Å². The van der Waals surface area contributed by atoms with Crippen LogP contribution in [0.1, 0.15) is 11.4 Å². The Hall–Kier alpha value is -2.01. The molecule has 2 aromatic rings. The summed E-state index contributed by atoms with van der Waals surface area (Å²) in [5, 5.41) is 3.34. The van der Waals surface area contributed by atoms with Crippen molar-refractivity contribution in [1.82, 2.24) is 15.3 Å². The summed E-state index contributed by atoms with van der Waals surface area (Å²) >= 11 is 0. The molecule has 0 amide bonds. The Balaban J connectivity index is 1.51. The minimum absolute atomic E-state index is 0.0362. The molecule has 1 aliphatic heterocycles. The van der Waals surface area contributed by atoms with Crippen LogP contribution in [0.2, 0.25) is 0 Å². The second-order valence-electron chi connectivity index (χ2n) is 4.60. The fraction of sp³-hybridized carbons (Fsp3) is 0.357. The topological polar surface area (TPSA) is 59.2 Å². The van der Waals surface area contributed by atoms with Crippen LogP contribution in [0.3, 0.4) is 0 Å². The molecule has 1 unspecified atom stereocenters. The fourth-order valence-electron chi connectivity index (χ4n) is 2.08. The van der Waals surface area contributed by atoms with E-state index in [1.54, 1.807) is 6.33 Å². The van der Waals surface area contributed by atoms with E-state index < -0.39 is 0 Å². The molecule has 19 heavy (non-hydrogen) atoms. The predicted molar refractivity (Wildman–Crippen MR) is 71.4 cm³/mol. The predicted octanol–water partition coefficient (Wildman–Crippen LogP) is 1.65. The summed E-state index contributed by atoms with van der Waals surface area (Å²) in [5.41, 5.74) is 2.13. The summed E-state index contributed by atoms with van der Waals surface area (Å²) < 4.78 is 11.5. The Kier molecular flexibility index (Phi) is 3.37. The molecule has 2 N–H and O–H groups in total. The first-order valence-electron chi connectivity index (χ1n) is 6.41. The molecular weight excluding hydrogens is 242 g/mol. The second kappa shape index (κ2) is 5.32. The molecule has 0 spiro atoms. The Labute approximate surface area is 112 Å². The molecule has 3 rings (SSSR count). The van der Waals surface area contributed by atoms with Crippen LogP contribution in [0, 0.1) is 6.92 Å². The highest BCUT2D eigenvalue weighted by Gasteiger charge is 2.20. The van der Waals surface area contributed by atoms with Gasteiger partial charge in [0.05, 0.1) is 12.0 Å². The fourth-order valence-corrected chi connectivity index (χ4v) is 2.08. The average molecular weight is 259 g/mol. The summed E-state index contributed by atoms with van der Waals surface area (Å²) in [6, 6.07) is 7.75. The zero-order valence-corrected chi connectivity index (χ0v) is 10.8. The van der Waals surface area contributed by atoms with Crippen molar-refractivity contribution in [3.05, 3.63) is 42.0 Å². The molecule has 0 aliphatic carbocycles. The van der Waals surface area contributed by atoms with Gasteiger partial charge in [0.1, 0.15) is 12.7 Å². The number of fused-ring (bicyclic) bond motifs is 1. The van der Waals surface area contributed by atoms with E-state index in [1.165, 1.54) is 0 Å². The Morgan fingerprint density at radius 1 is 1.37 bits per heavy atom. The summed E-state index contributed by atoms with van der Waals surface area (Å²) in [6.07, 6.45) is 1.75. The highest BCUT2D eigenvalue weighted by Crippen LogP contribution is 2.30. The van der Waals surface area contributed by atoms with Gasteiger partial charge in [0.2, 0.25) is 0 Å². The first-order chi connectivity index (χ1) is 9.33. The van der Waals surface area contributed by atoms with Gasteiger partial charge in [-0.15, -0.1) is 0 Å². The van der Waals surface area contributed by atoms with Gasteiger partial charge in [-0.1, -0.05) is 12.1 Å². The third-order valence-electron chi connectivity index (χ3n) is 3.17. The van der Waals surface area contributed by atoms with Gasteiger partial charge in [0.25, 0.3) is 0 Å². The molecule has 1 aromatic heterocycles. The van der Waals surface area contributed by atoms with Gasteiger partial charge in [0.15, 0.2) is 11.5 Å². The van der Waals surface area contributed by atoms with Crippen LogP contribution >= 0.6 is 0 Å². The van der Waals surface area contributed by atoms with Crippen LogP contribution in [0.15, 0.2) is 30.6 Å². The second-order valence-corrected chi connectivity index (χ2v) is 4.60. The zero-order chi connectivity index (χ0) is 13.1. The normalized spacial score (nSPS) is 17.4. The lowest BCUT2D eigenvalue weighted by atomic mass is 10.2. The maximum atomic E-state index is 5.87. The minimum Gasteiger partial charge on any atom is -0.486 e. The number of aromatic amines is 1. The van der Waals surface area contributed by atoms with Crippen LogP contribution in [0.4, 0.5) is 0 Å². The number of nitrogens with one attached hydrogen (secondary N) is 2. The molecule has 1 atom stereocenters. The van der Waals surface area contributed by atoms with Gasteiger partial charge < -0.3 is 19.8 Å². The lowest BCUT2D eigenvalue weighted by molar-refractivity contribution is 0.0901.